The molecule has 0 spiro atoms. The van der Waals surface area contributed by atoms with E-state index in [0.717, 1.165) is 0 Å². The summed E-state index contributed by atoms with van der Waals surface area (Å²) in [5.41, 5.74) is 0. The van der Waals surface area contributed by atoms with Crippen LogP contribution in [0.5, 0.6) is 0 Å². The zero-order valence-corrected chi connectivity index (χ0v) is 15.2. The third-order valence-corrected chi connectivity index (χ3v) is 3.77. The summed E-state index contributed by atoms with van der Waals surface area (Å²) in [6.45, 7) is -7.12. The monoisotopic (exact) mass is 494 g/mol. The lowest BCUT2D eigenvalue weighted by atomic mass is 9.94. The first kappa shape index (κ1) is 28.0. The average Bonchev–Trinajstić information content (AvgIpc) is 3.02. The fraction of sp³-hybridized carbons (Fsp3) is 1.00. The van der Waals surface area contributed by atoms with Crippen molar-refractivity contribution in [1.29, 1.82) is 0 Å². The van der Waals surface area contributed by atoms with Gasteiger partial charge < -0.3 is 18.9 Å². The number of hydrogen-bond acceptors (Lipinski definition) is 4. The number of alkyl halides is 13. The van der Waals surface area contributed by atoms with Crippen LogP contribution < -0.4 is 0 Å². The van der Waals surface area contributed by atoms with E-state index < -0.39 is 88.1 Å². The zero-order valence-electron chi connectivity index (χ0n) is 15.2. The Morgan fingerprint density at radius 2 is 1.35 bits per heavy atom. The van der Waals surface area contributed by atoms with E-state index in [9.17, 15) is 57.1 Å². The molecule has 2 unspecified atom stereocenters. The van der Waals surface area contributed by atoms with Gasteiger partial charge in [-0.2, -0.15) is 57.1 Å². The minimum atomic E-state index is -7.13. The first-order chi connectivity index (χ1) is 13.7. The highest BCUT2D eigenvalue weighted by Gasteiger charge is 2.84. The van der Waals surface area contributed by atoms with Crippen molar-refractivity contribution >= 4 is 0 Å². The van der Waals surface area contributed by atoms with Gasteiger partial charge in [-0.25, -0.2) is 0 Å². The van der Waals surface area contributed by atoms with Crippen molar-refractivity contribution in [2.75, 3.05) is 26.4 Å². The van der Waals surface area contributed by atoms with Crippen molar-refractivity contribution in [3.8, 4) is 0 Å². The Balaban J connectivity index is 2.59. The van der Waals surface area contributed by atoms with Gasteiger partial charge in [-0.1, -0.05) is 0 Å². The van der Waals surface area contributed by atoms with Crippen LogP contribution in [-0.4, -0.2) is 74.8 Å². The molecule has 1 saturated heterocycles. The Bertz CT molecular complexity index is 588. The van der Waals surface area contributed by atoms with E-state index in [4.69, 9.17) is 0 Å². The maximum absolute atomic E-state index is 13.5. The minimum Gasteiger partial charge on any atom is -0.378 e. The lowest BCUT2D eigenvalue weighted by Gasteiger charge is -2.38. The molecule has 0 aromatic heterocycles. The van der Waals surface area contributed by atoms with Gasteiger partial charge in [-0.3, -0.25) is 0 Å². The second-order valence-electron chi connectivity index (χ2n) is 6.45. The molecule has 0 N–H and O–H groups in total. The summed E-state index contributed by atoms with van der Waals surface area (Å²) < 4.78 is 186. The normalized spacial score (nSPS) is 22.3. The largest absolute Gasteiger partial charge is 0.411 e. The smallest absolute Gasteiger partial charge is 0.378 e. The molecule has 17 heteroatoms. The van der Waals surface area contributed by atoms with E-state index in [1.807, 2.05) is 0 Å². The summed E-state index contributed by atoms with van der Waals surface area (Å²) in [4.78, 5) is 0. The highest BCUT2D eigenvalue weighted by atomic mass is 19.4. The molecule has 1 aliphatic rings. The van der Waals surface area contributed by atoms with E-state index in [1.165, 1.54) is 0 Å². The second kappa shape index (κ2) is 9.05. The minimum absolute atomic E-state index is 0.481. The van der Waals surface area contributed by atoms with Crippen molar-refractivity contribution in [3.05, 3.63) is 0 Å². The van der Waals surface area contributed by atoms with Crippen molar-refractivity contribution < 1.29 is 76.0 Å². The highest BCUT2D eigenvalue weighted by molar-refractivity contribution is 5.07. The quantitative estimate of drug-likeness (QED) is 0.304. The summed E-state index contributed by atoms with van der Waals surface area (Å²) in [5.74, 6) is -32.5. The van der Waals surface area contributed by atoms with Gasteiger partial charge in [0.1, 0.15) is 12.7 Å². The second-order valence-corrected chi connectivity index (χ2v) is 6.45. The number of hydrogen-bond donors (Lipinski definition) is 0. The highest BCUT2D eigenvalue weighted by Crippen LogP contribution is 2.57. The van der Waals surface area contributed by atoms with Crippen LogP contribution in [0.25, 0.3) is 0 Å². The van der Waals surface area contributed by atoms with E-state index in [-0.39, 0.29) is 0 Å². The lowest BCUT2D eigenvalue weighted by molar-refractivity contribution is -0.400. The third kappa shape index (κ3) is 6.25. The molecule has 0 saturated carbocycles. The SMILES string of the molecule is CC(F)(F)C(F)(F)C(F)(F)C(F)(F)C(F)(F)CCOCC1COC(OCC(F)(F)F)O1. The van der Waals surface area contributed by atoms with Gasteiger partial charge in [0.25, 0.3) is 6.48 Å². The topological polar surface area (TPSA) is 36.9 Å². The van der Waals surface area contributed by atoms with E-state index in [2.05, 4.69) is 18.9 Å². The van der Waals surface area contributed by atoms with Crippen LogP contribution in [0.4, 0.5) is 57.1 Å². The van der Waals surface area contributed by atoms with Crippen LogP contribution in [0.1, 0.15) is 13.3 Å². The summed E-state index contributed by atoms with van der Waals surface area (Å²) in [6, 6.07) is 0. The maximum Gasteiger partial charge on any atom is 0.411 e. The zero-order chi connectivity index (χ0) is 24.5. The van der Waals surface area contributed by atoms with Gasteiger partial charge in [0, 0.05) is 13.3 Å². The first-order valence-electron chi connectivity index (χ1n) is 8.08. The maximum atomic E-state index is 13.5. The van der Waals surface area contributed by atoms with E-state index >= 15 is 0 Å². The Labute approximate surface area is 165 Å². The van der Waals surface area contributed by atoms with Crippen molar-refractivity contribution in [2.24, 2.45) is 0 Å². The van der Waals surface area contributed by atoms with Crippen LogP contribution in [0.3, 0.4) is 0 Å². The van der Waals surface area contributed by atoms with Crippen molar-refractivity contribution in [1.82, 2.24) is 0 Å². The van der Waals surface area contributed by atoms with Crippen molar-refractivity contribution in [3.63, 3.8) is 0 Å². The standard InChI is InChI=1S/C14H15F13O4/c1-9(15,16)12(22,23)14(26,27)13(24,25)10(17,18)2-3-28-4-7-5-29-8(31-7)30-6-11(19,20)21/h7-8H,2-6H2,1H3. The Morgan fingerprint density at radius 1 is 0.806 bits per heavy atom. The summed E-state index contributed by atoms with van der Waals surface area (Å²) >= 11 is 0. The van der Waals surface area contributed by atoms with Gasteiger partial charge in [-0.05, 0) is 0 Å². The Morgan fingerprint density at radius 3 is 1.84 bits per heavy atom. The molecule has 1 rings (SSSR count). The fourth-order valence-electron chi connectivity index (χ4n) is 2.03. The van der Waals surface area contributed by atoms with Gasteiger partial charge >= 0.3 is 35.8 Å². The van der Waals surface area contributed by atoms with Gasteiger partial charge in [0.15, 0.2) is 0 Å². The number of rotatable bonds is 11. The molecular formula is C14H15F13O4. The number of halogens is 13. The summed E-state index contributed by atoms with van der Waals surface area (Å²) in [5, 5.41) is 0. The molecule has 0 bridgehead atoms. The molecule has 0 amide bonds. The molecule has 31 heavy (non-hydrogen) atoms. The summed E-state index contributed by atoms with van der Waals surface area (Å²) in [6.07, 6.45) is -8.24. The molecule has 0 aromatic rings. The first-order valence-corrected chi connectivity index (χ1v) is 8.08. The van der Waals surface area contributed by atoms with Crippen LogP contribution in [0.2, 0.25) is 0 Å². The van der Waals surface area contributed by atoms with Crippen LogP contribution in [-0.2, 0) is 18.9 Å². The van der Waals surface area contributed by atoms with Gasteiger partial charge in [0.2, 0.25) is 0 Å². The van der Waals surface area contributed by atoms with Crippen LogP contribution >= 0.6 is 0 Å². The van der Waals surface area contributed by atoms with Crippen molar-refractivity contribution in [2.45, 2.75) is 61.7 Å². The fourth-order valence-corrected chi connectivity index (χ4v) is 2.03. The Kier molecular flexibility index (Phi) is 8.17. The molecule has 2 atom stereocenters. The lowest BCUT2D eigenvalue weighted by Crippen LogP contribution is -2.66. The molecule has 4 nitrogen and oxygen atoms in total. The molecular weight excluding hydrogens is 479 g/mol. The van der Waals surface area contributed by atoms with Crippen LogP contribution in [0, 0.1) is 0 Å². The van der Waals surface area contributed by atoms with Crippen LogP contribution in [0.15, 0.2) is 0 Å². The van der Waals surface area contributed by atoms with Gasteiger partial charge in [-0.15, -0.1) is 0 Å². The summed E-state index contributed by atoms with van der Waals surface area (Å²) in [7, 11) is 0. The van der Waals surface area contributed by atoms with E-state index in [1.54, 1.807) is 0 Å². The number of ether oxygens (including phenoxy) is 4. The molecule has 0 aliphatic carbocycles. The van der Waals surface area contributed by atoms with Gasteiger partial charge in [0.05, 0.1) is 19.8 Å². The molecule has 0 aromatic carbocycles. The molecule has 1 fully saturated rings. The molecule has 1 heterocycles. The predicted molar refractivity (Wildman–Crippen MR) is 72.5 cm³/mol. The average molecular weight is 494 g/mol. The third-order valence-electron chi connectivity index (χ3n) is 3.77. The predicted octanol–water partition coefficient (Wildman–Crippen LogP) is 4.87. The van der Waals surface area contributed by atoms with E-state index in [0.29, 0.717) is 0 Å². The molecule has 1 aliphatic heterocycles. The molecule has 0 radical (unpaired) electrons. The molecule has 186 valence electrons. The Hall–Kier alpha value is -1.07.